The number of carbonyl (C=O) groups is 2. The minimum Gasteiger partial charge on any atom is -0.395 e. The average Bonchev–Trinajstić information content (AvgIpc) is 3.55. The predicted octanol–water partition coefficient (Wildman–Crippen LogP) is 4.05. The van der Waals surface area contributed by atoms with Crippen LogP contribution in [0, 0.1) is 25.1 Å². The first kappa shape index (κ1) is 26.8. The third kappa shape index (κ3) is 4.78. The van der Waals surface area contributed by atoms with Crippen molar-refractivity contribution in [1.29, 1.82) is 0 Å². The summed E-state index contributed by atoms with van der Waals surface area (Å²) in [6.45, 7) is 8.49. The summed E-state index contributed by atoms with van der Waals surface area (Å²) < 4.78 is 14.4. The van der Waals surface area contributed by atoms with E-state index in [1.165, 1.54) is 6.07 Å². The van der Waals surface area contributed by atoms with E-state index in [0.717, 1.165) is 22.4 Å². The number of carbonyl (C=O) groups excluding carboxylic acids is 2. The molecule has 2 aromatic heterocycles. The zero-order valence-corrected chi connectivity index (χ0v) is 22.9. The maximum Gasteiger partial charge on any atom is 0.326 e. The summed E-state index contributed by atoms with van der Waals surface area (Å²) in [6.07, 6.45) is 4.68. The van der Waals surface area contributed by atoms with Gasteiger partial charge in [-0.15, -0.1) is 0 Å². The lowest BCUT2D eigenvalue weighted by atomic mass is 9.84. The molecule has 0 aliphatic carbocycles. The first-order valence-corrected chi connectivity index (χ1v) is 13.3. The molecule has 9 nitrogen and oxygen atoms in total. The van der Waals surface area contributed by atoms with E-state index in [2.05, 4.69) is 10.2 Å². The van der Waals surface area contributed by atoms with Gasteiger partial charge in [-0.2, -0.15) is 5.10 Å². The molecule has 0 saturated carbocycles. The van der Waals surface area contributed by atoms with E-state index >= 15 is 0 Å². The van der Waals surface area contributed by atoms with Crippen LogP contribution in [0.4, 0.5) is 15.0 Å². The molecule has 39 heavy (non-hydrogen) atoms. The molecule has 2 aliphatic rings. The third-order valence-electron chi connectivity index (χ3n) is 8.31. The largest absolute Gasteiger partial charge is 0.395 e. The van der Waals surface area contributed by atoms with Crippen molar-refractivity contribution in [3.05, 3.63) is 65.4 Å². The van der Waals surface area contributed by atoms with Crippen LogP contribution in [0.2, 0.25) is 0 Å². The summed E-state index contributed by atoms with van der Waals surface area (Å²) in [5, 5.41) is 16.5. The Morgan fingerprint density at radius 1 is 1.18 bits per heavy atom. The van der Waals surface area contributed by atoms with Gasteiger partial charge in [-0.05, 0) is 69.9 Å². The first-order chi connectivity index (χ1) is 18.6. The lowest BCUT2D eigenvalue weighted by molar-refractivity contribution is -0.144. The molecule has 0 radical (unpaired) electrons. The summed E-state index contributed by atoms with van der Waals surface area (Å²) >= 11 is 0. The minimum absolute atomic E-state index is 0.0966. The Kier molecular flexibility index (Phi) is 6.92. The molecule has 5 rings (SSSR count). The summed E-state index contributed by atoms with van der Waals surface area (Å²) in [4.78, 5) is 37.2. The number of aromatic nitrogens is 3. The molecular formula is C29H35FN6O3. The number of aliphatic hydroxyl groups excluding tert-OH is 1. The molecule has 3 amide bonds. The van der Waals surface area contributed by atoms with E-state index in [0.29, 0.717) is 43.9 Å². The monoisotopic (exact) mass is 534 g/mol. The molecule has 3 aromatic rings. The third-order valence-corrected chi connectivity index (χ3v) is 8.31. The Morgan fingerprint density at radius 2 is 1.92 bits per heavy atom. The number of urea groups is 1. The highest BCUT2D eigenvalue weighted by molar-refractivity contribution is 5.95. The van der Waals surface area contributed by atoms with Gasteiger partial charge in [0.05, 0.1) is 30.3 Å². The molecule has 2 fully saturated rings. The second kappa shape index (κ2) is 10.1. The van der Waals surface area contributed by atoms with Crippen LogP contribution in [-0.4, -0.2) is 73.8 Å². The van der Waals surface area contributed by atoms with E-state index < -0.39 is 11.0 Å². The first-order valence-electron chi connectivity index (χ1n) is 13.3. The molecule has 0 bridgehead atoms. The van der Waals surface area contributed by atoms with Crippen LogP contribution in [0.5, 0.6) is 0 Å². The van der Waals surface area contributed by atoms with E-state index in [4.69, 9.17) is 4.98 Å². The van der Waals surface area contributed by atoms with Crippen molar-refractivity contribution in [2.75, 3.05) is 31.1 Å². The van der Waals surface area contributed by atoms with Gasteiger partial charge in [0.1, 0.15) is 11.6 Å². The van der Waals surface area contributed by atoms with E-state index in [1.54, 1.807) is 49.0 Å². The quantitative estimate of drug-likeness (QED) is 0.497. The smallest absolute Gasteiger partial charge is 0.326 e. The number of hydrogen-bond donors (Lipinski definition) is 2. The fourth-order valence-corrected chi connectivity index (χ4v) is 5.66. The van der Waals surface area contributed by atoms with E-state index in [1.807, 2.05) is 30.0 Å². The van der Waals surface area contributed by atoms with Crippen LogP contribution in [0.1, 0.15) is 43.5 Å². The number of pyridine rings is 1. The number of aliphatic hydroxyl groups is 1. The summed E-state index contributed by atoms with van der Waals surface area (Å²) in [5.41, 5.74) is 2.49. The predicted molar refractivity (Wildman–Crippen MR) is 145 cm³/mol. The fraction of sp³-hybridized carbons (Fsp3) is 0.448. The van der Waals surface area contributed by atoms with Crippen LogP contribution >= 0.6 is 0 Å². The number of aryl methyl sites for hydroxylation is 1. The minimum atomic E-state index is -0.863. The van der Waals surface area contributed by atoms with Crippen LogP contribution < -0.4 is 4.90 Å². The average molecular weight is 535 g/mol. The zero-order chi connectivity index (χ0) is 27.9. The topological polar surface area (TPSA) is 106 Å². The molecule has 2 aliphatic heterocycles. The number of hydrogen-bond acceptors (Lipinski definition) is 5. The molecule has 2 N–H and O–H groups in total. The lowest BCUT2D eigenvalue weighted by Crippen LogP contribution is -2.57. The van der Waals surface area contributed by atoms with Crippen LogP contribution in [-0.2, 0) is 11.3 Å². The van der Waals surface area contributed by atoms with Crippen LogP contribution in [0.25, 0.3) is 11.1 Å². The second-order valence-corrected chi connectivity index (χ2v) is 11.3. The van der Waals surface area contributed by atoms with Crippen molar-refractivity contribution in [1.82, 2.24) is 25.0 Å². The molecule has 10 heteroatoms. The number of anilines is 1. The summed E-state index contributed by atoms with van der Waals surface area (Å²) in [5.74, 6) is 0.159. The highest BCUT2D eigenvalue weighted by Crippen LogP contribution is 2.40. The van der Waals surface area contributed by atoms with Crippen LogP contribution in [0.15, 0.2) is 42.7 Å². The number of likely N-dealkylation sites (tertiary alicyclic amines) is 1. The number of piperidine rings is 1. The Morgan fingerprint density at radius 3 is 2.56 bits per heavy atom. The molecule has 0 atom stereocenters. The van der Waals surface area contributed by atoms with Gasteiger partial charge in [-0.25, -0.2) is 14.2 Å². The number of aromatic amines is 1. The van der Waals surface area contributed by atoms with Gasteiger partial charge in [0.2, 0.25) is 5.91 Å². The SMILES string of the molecule is Cc1nc(N2CC3(CCN(C(=O)C(C)(C)CO)CC3)N(Cc3cccc(F)c3C)C2=O)ccc1-c1cn[nH]c1. The number of rotatable bonds is 6. The van der Waals surface area contributed by atoms with Gasteiger partial charge in [0, 0.05) is 42.7 Å². The Bertz CT molecular complexity index is 1380. The highest BCUT2D eigenvalue weighted by Gasteiger charge is 2.52. The van der Waals surface area contributed by atoms with Crippen molar-refractivity contribution < 1.29 is 19.1 Å². The van der Waals surface area contributed by atoms with Gasteiger partial charge >= 0.3 is 6.03 Å². The van der Waals surface area contributed by atoms with Gasteiger partial charge in [0.25, 0.3) is 0 Å². The maximum atomic E-state index is 14.4. The molecule has 1 aromatic carbocycles. The molecular weight excluding hydrogens is 499 g/mol. The Balaban J connectivity index is 1.46. The number of nitrogens with one attached hydrogen (secondary N) is 1. The molecule has 2 saturated heterocycles. The Labute approximate surface area is 227 Å². The fourth-order valence-electron chi connectivity index (χ4n) is 5.66. The maximum absolute atomic E-state index is 14.4. The number of halogens is 1. The molecule has 0 unspecified atom stereocenters. The zero-order valence-electron chi connectivity index (χ0n) is 22.9. The second-order valence-electron chi connectivity index (χ2n) is 11.3. The summed E-state index contributed by atoms with van der Waals surface area (Å²) in [7, 11) is 0. The molecule has 4 heterocycles. The number of amides is 3. The van der Waals surface area contributed by atoms with Crippen LogP contribution in [0.3, 0.4) is 0 Å². The number of H-pyrrole nitrogens is 1. The van der Waals surface area contributed by atoms with Crippen molar-refractivity contribution in [2.45, 2.75) is 52.6 Å². The van der Waals surface area contributed by atoms with E-state index in [9.17, 15) is 19.1 Å². The van der Waals surface area contributed by atoms with Crippen molar-refractivity contribution in [3.8, 4) is 11.1 Å². The summed E-state index contributed by atoms with van der Waals surface area (Å²) in [6, 6.07) is 8.55. The van der Waals surface area contributed by atoms with Gasteiger partial charge in [-0.1, -0.05) is 12.1 Å². The lowest BCUT2D eigenvalue weighted by Gasteiger charge is -2.45. The van der Waals surface area contributed by atoms with Gasteiger partial charge in [0.15, 0.2) is 0 Å². The van der Waals surface area contributed by atoms with Crippen molar-refractivity contribution in [2.24, 2.45) is 5.41 Å². The molecule has 206 valence electrons. The normalized spacial score (nSPS) is 17.4. The standard InChI is InChI=1S/C29H35FN6O3/c1-19-21(6-5-7-24(19)30)16-36-27(39)35(25-9-8-23(20(2)33-25)22-14-31-32-15-22)17-29(36)10-12-34(13-11-29)26(38)28(3,4)18-37/h5-9,14-15,37H,10-13,16-18H2,1-4H3,(H,31,32). The van der Waals surface area contributed by atoms with Crippen molar-refractivity contribution in [3.63, 3.8) is 0 Å². The number of nitrogens with zero attached hydrogens (tertiary/aromatic N) is 5. The molecule has 1 spiro atoms. The highest BCUT2D eigenvalue weighted by atomic mass is 19.1. The van der Waals surface area contributed by atoms with Crippen molar-refractivity contribution >= 4 is 17.8 Å². The van der Waals surface area contributed by atoms with E-state index in [-0.39, 0.29) is 30.9 Å². The van der Waals surface area contributed by atoms with Gasteiger partial charge in [-0.3, -0.25) is 14.8 Å². The Hall–Kier alpha value is -3.79. The van der Waals surface area contributed by atoms with Gasteiger partial charge < -0.3 is 14.9 Å². The number of benzene rings is 1.